The van der Waals surface area contributed by atoms with Crippen LogP contribution in [-0.2, 0) is 16.9 Å². The molecule has 2 aromatic rings. The van der Waals surface area contributed by atoms with Crippen molar-refractivity contribution in [2.45, 2.75) is 12.1 Å². The fraction of sp³-hybridized carbons (Fsp3) is 0.500. The number of amides is 1. The van der Waals surface area contributed by atoms with Crippen LogP contribution in [0.25, 0.3) is 10.9 Å². The highest BCUT2D eigenvalue weighted by Crippen LogP contribution is 2.29. The van der Waals surface area contributed by atoms with Crippen molar-refractivity contribution in [3.05, 3.63) is 30.0 Å². The second kappa shape index (κ2) is 5.99. The van der Waals surface area contributed by atoms with Crippen LogP contribution in [0.15, 0.2) is 24.3 Å². The molecule has 0 radical (unpaired) electrons. The van der Waals surface area contributed by atoms with Crippen LogP contribution in [0.5, 0.6) is 5.75 Å². The van der Waals surface area contributed by atoms with Crippen LogP contribution in [0.2, 0.25) is 0 Å². The third-order valence-electron chi connectivity index (χ3n) is 5.69. The first-order valence-corrected chi connectivity index (χ1v) is 10.5. The van der Waals surface area contributed by atoms with Gasteiger partial charge in [-0.05, 0) is 25.2 Å². The highest BCUT2D eigenvalue weighted by atomic mass is 32.2. The number of benzene rings is 1. The van der Waals surface area contributed by atoms with Gasteiger partial charge in [0.15, 0.2) is 9.84 Å². The first kappa shape index (κ1) is 17.4. The zero-order chi connectivity index (χ0) is 18.6. The summed E-state index contributed by atoms with van der Waals surface area (Å²) in [5.74, 6) is 0.803. The second-order valence-electron chi connectivity index (χ2n) is 7.20. The molecule has 26 heavy (non-hydrogen) atoms. The van der Waals surface area contributed by atoms with Crippen molar-refractivity contribution in [2.24, 2.45) is 7.05 Å². The van der Waals surface area contributed by atoms with E-state index in [1.165, 1.54) is 0 Å². The van der Waals surface area contributed by atoms with Crippen molar-refractivity contribution >= 4 is 26.6 Å². The predicted octanol–water partition coefficient (Wildman–Crippen LogP) is 0.740. The van der Waals surface area contributed by atoms with Gasteiger partial charge in [0.05, 0.1) is 30.2 Å². The molecule has 8 heteroatoms. The summed E-state index contributed by atoms with van der Waals surface area (Å²) in [6.45, 7) is 1.22. The van der Waals surface area contributed by atoms with Crippen LogP contribution in [0, 0.1) is 0 Å². The molecule has 7 nitrogen and oxygen atoms in total. The molecule has 0 unspecified atom stereocenters. The molecule has 2 aliphatic rings. The van der Waals surface area contributed by atoms with E-state index in [9.17, 15) is 13.2 Å². The van der Waals surface area contributed by atoms with Crippen LogP contribution >= 0.6 is 0 Å². The van der Waals surface area contributed by atoms with Gasteiger partial charge in [-0.25, -0.2) is 8.42 Å². The van der Waals surface area contributed by atoms with Crippen LogP contribution in [0.4, 0.5) is 0 Å². The Labute approximate surface area is 153 Å². The number of likely N-dealkylation sites (N-methyl/N-ethyl adjacent to an activating group) is 1. The normalized spacial score (nSPS) is 25.4. The molecule has 0 aliphatic carbocycles. The summed E-state index contributed by atoms with van der Waals surface area (Å²) in [6, 6.07) is 7.17. The lowest BCUT2D eigenvalue weighted by Crippen LogP contribution is -2.59. The number of sulfone groups is 1. The zero-order valence-corrected chi connectivity index (χ0v) is 16.0. The average Bonchev–Trinajstić information content (AvgIpc) is 3.11. The van der Waals surface area contributed by atoms with Gasteiger partial charge in [0.25, 0.3) is 5.91 Å². The van der Waals surface area contributed by atoms with Crippen molar-refractivity contribution in [1.29, 1.82) is 0 Å². The molecule has 0 N–H and O–H groups in total. The van der Waals surface area contributed by atoms with E-state index in [1.807, 2.05) is 42.9 Å². The Balaban J connectivity index is 1.71. The zero-order valence-electron chi connectivity index (χ0n) is 15.2. The maximum absolute atomic E-state index is 13.3. The van der Waals surface area contributed by atoms with E-state index in [0.29, 0.717) is 18.8 Å². The standard InChI is InChI=1S/C18H23N3O4S/c1-19-6-7-21(17-11-26(23,24)10-16(17)19)18(22)15-8-12-4-5-13(25-3)9-14(12)20(15)2/h4-5,8-9,16-17H,6-7,10-11H2,1-3H3/t16-,17+/m0/s1. The minimum absolute atomic E-state index is 0.0471. The maximum Gasteiger partial charge on any atom is 0.270 e. The Morgan fingerprint density at radius 2 is 1.85 bits per heavy atom. The minimum atomic E-state index is -3.11. The molecule has 1 amide bonds. The predicted molar refractivity (Wildman–Crippen MR) is 99.4 cm³/mol. The summed E-state index contributed by atoms with van der Waals surface area (Å²) < 4.78 is 31.4. The van der Waals surface area contributed by atoms with Crippen molar-refractivity contribution in [1.82, 2.24) is 14.4 Å². The summed E-state index contributed by atoms with van der Waals surface area (Å²) in [4.78, 5) is 17.1. The maximum atomic E-state index is 13.3. The van der Waals surface area contributed by atoms with Crippen molar-refractivity contribution in [3.8, 4) is 5.75 Å². The summed E-state index contributed by atoms with van der Waals surface area (Å²) in [5.41, 5.74) is 1.48. The van der Waals surface area contributed by atoms with E-state index in [2.05, 4.69) is 4.90 Å². The van der Waals surface area contributed by atoms with Crippen LogP contribution in [0.1, 0.15) is 10.5 Å². The third kappa shape index (κ3) is 2.68. The van der Waals surface area contributed by atoms with Gasteiger partial charge in [-0.1, -0.05) is 0 Å². The number of hydrogen-bond donors (Lipinski definition) is 0. The summed E-state index contributed by atoms with van der Waals surface area (Å²) >= 11 is 0. The van der Waals surface area contributed by atoms with Gasteiger partial charge in [-0.15, -0.1) is 0 Å². The smallest absolute Gasteiger partial charge is 0.270 e. The number of ether oxygens (including phenoxy) is 1. The molecule has 2 fully saturated rings. The molecule has 1 aromatic carbocycles. The number of aromatic nitrogens is 1. The second-order valence-corrected chi connectivity index (χ2v) is 9.36. The number of hydrogen-bond acceptors (Lipinski definition) is 5. The Bertz CT molecular complexity index is 982. The molecule has 140 valence electrons. The summed E-state index contributed by atoms with van der Waals surface area (Å²) in [6.07, 6.45) is 0. The SMILES string of the molecule is COc1ccc2cc(C(=O)N3CCN(C)[C@H]4CS(=O)(=O)C[C@H]43)n(C)c2c1. The molecule has 0 spiro atoms. The molecule has 4 rings (SSSR count). The van der Waals surface area contributed by atoms with Crippen molar-refractivity contribution in [3.63, 3.8) is 0 Å². The van der Waals surface area contributed by atoms with Crippen molar-refractivity contribution < 1.29 is 17.9 Å². The van der Waals surface area contributed by atoms with E-state index in [4.69, 9.17) is 4.74 Å². The molecule has 2 saturated heterocycles. The van der Waals surface area contributed by atoms with Gasteiger partial charge in [0.2, 0.25) is 0 Å². The minimum Gasteiger partial charge on any atom is -0.497 e. The third-order valence-corrected chi connectivity index (χ3v) is 7.38. The van der Waals surface area contributed by atoms with E-state index in [-0.39, 0.29) is 29.5 Å². The number of fused-ring (bicyclic) bond motifs is 2. The first-order valence-electron chi connectivity index (χ1n) is 8.66. The van der Waals surface area contributed by atoms with Gasteiger partial charge in [-0.2, -0.15) is 0 Å². The molecule has 2 atom stereocenters. The van der Waals surface area contributed by atoms with Gasteiger partial charge in [0, 0.05) is 37.6 Å². The lowest BCUT2D eigenvalue weighted by Gasteiger charge is -2.42. The molecule has 0 saturated carbocycles. The Kier molecular flexibility index (Phi) is 4.00. The van der Waals surface area contributed by atoms with Gasteiger partial charge < -0.3 is 14.2 Å². The van der Waals surface area contributed by atoms with E-state index < -0.39 is 9.84 Å². The van der Waals surface area contributed by atoms with Gasteiger partial charge in [0.1, 0.15) is 11.4 Å². The molecular weight excluding hydrogens is 354 g/mol. The quantitative estimate of drug-likeness (QED) is 0.772. The first-order chi connectivity index (χ1) is 12.3. The Hall–Kier alpha value is -2.06. The lowest BCUT2D eigenvalue weighted by molar-refractivity contribution is 0.0402. The molecule has 2 aliphatic heterocycles. The number of nitrogens with zero attached hydrogens (tertiary/aromatic N) is 3. The number of carbonyl (C=O) groups excluding carboxylic acids is 1. The van der Waals surface area contributed by atoms with E-state index in [1.54, 1.807) is 12.0 Å². The number of aryl methyl sites for hydroxylation is 1. The van der Waals surface area contributed by atoms with E-state index >= 15 is 0 Å². The fourth-order valence-electron chi connectivity index (χ4n) is 4.17. The Morgan fingerprint density at radius 3 is 2.58 bits per heavy atom. The van der Waals surface area contributed by atoms with Crippen LogP contribution in [-0.4, -0.2) is 79.5 Å². The molecular formula is C18H23N3O4S. The number of carbonyl (C=O) groups is 1. The topological polar surface area (TPSA) is 71.8 Å². The van der Waals surface area contributed by atoms with Gasteiger partial charge >= 0.3 is 0 Å². The van der Waals surface area contributed by atoms with Crippen LogP contribution < -0.4 is 4.74 Å². The highest BCUT2D eigenvalue weighted by Gasteiger charge is 2.47. The lowest BCUT2D eigenvalue weighted by atomic mass is 10.0. The number of methoxy groups -OCH3 is 1. The molecule has 1 aromatic heterocycles. The van der Waals surface area contributed by atoms with E-state index in [0.717, 1.165) is 16.7 Å². The monoisotopic (exact) mass is 377 g/mol. The largest absolute Gasteiger partial charge is 0.497 e. The van der Waals surface area contributed by atoms with Crippen LogP contribution in [0.3, 0.4) is 0 Å². The fourth-order valence-corrected chi connectivity index (χ4v) is 6.22. The Morgan fingerprint density at radius 1 is 1.12 bits per heavy atom. The summed E-state index contributed by atoms with van der Waals surface area (Å²) in [5, 5.41) is 0.960. The summed E-state index contributed by atoms with van der Waals surface area (Å²) in [7, 11) is 2.29. The number of rotatable bonds is 2. The average molecular weight is 377 g/mol. The number of piperazine rings is 1. The highest BCUT2D eigenvalue weighted by molar-refractivity contribution is 7.91. The van der Waals surface area contributed by atoms with Gasteiger partial charge in [-0.3, -0.25) is 9.69 Å². The molecule has 3 heterocycles. The molecule has 0 bridgehead atoms. The van der Waals surface area contributed by atoms with Crippen molar-refractivity contribution in [2.75, 3.05) is 38.8 Å².